The lowest BCUT2D eigenvalue weighted by molar-refractivity contribution is -0.161. The van der Waals surface area contributed by atoms with Crippen LogP contribution in [0.3, 0.4) is 0 Å². The summed E-state index contributed by atoms with van der Waals surface area (Å²) in [5.74, 6) is -2.89. The number of aliphatic carboxylic acids is 1. The molecule has 0 aromatic carbocycles. The van der Waals surface area contributed by atoms with Crippen molar-refractivity contribution in [2.45, 2.75) is 103 Å². The molecule has 0 bridgehead atoms. The fraction of sp³-hybridized carbons (Fsp3) is 0.842. The van der Waals surface area contributed by atoms with E-state index in [9.17, 15) is 14.4 Å². The molecule has 5 heteroatoms. The summed E-state index contributed by atoms with van der Waals surface area (Å²) in [6.07, 6.45) is 15.3. The Morgan fingerprint density at radius 1 is 0.667 bits per heavy atom. The Bertz CT molecular complexity index is 352. The summed E-state index contributed by atoms with van der Waals surface area (Å²) in [4.78, 5) is 32.5. The predicted molar refractivity (Wildman–Crippen MR) is 93.7 cm³/mol. The van der Waals surface area contributed by atoms with Crippen molar-refractivity contribution in [1.82, 2.24) is 0 Å². The van der Waals surface area contributed by atoms with Crippen LogP contribution in [0, 0.1) is 0 Å². The first-order valence-electron chi connectivity index (χ1n) is 9.51. The van der Waals surface area contributed by atoms with E-state index < -0.39 is 24.3 Å². The number of carboxylic acid groups (broad SMARTS) is 1. The van der Waals surface area contributed by atoms with Gasteiger partial charge in [0.15, 0.2) is 0 Å². The van der Waals surface area contributed by atoms with E-state index in [4.69, 9.17) is 5.11 Å². The standard InChI is InChI=1S/C19H34O5/c1-2-3-4-5-6-7-8-9-10-11-12-13-14-15-18(22)24-19(23)16-17(20)21/h2-16H2,1H3,(H,20,21). The van der Waals surface area contributed by atoms with Crippen molar-refractivity contribution in [1.29, 1.82) is 0 Å². The third kappa shape index (κ3) is 17.0. The highest BCUT2D eigenvalue weighted by molar-refractivity contribution is 5.95. The van der Waals surface area contributed by atoms with Crippen LogP contribution in [-0.2, 0) is 19.1 Å². The molecule has 0 unspecified atom stereocenters. The van der Waals surface area contributed by atoms with Gasteiger partial charge in [0.1, 0.15) is 6.42 Å². The summed E-state index contributed by atoms with van der Waals surface area (Å²) >= 11 is 0. The van der Waals surface area contributed by atoms with Gasteiger partial charge in [0.25, 0.3) is 0 Å². The molecule has 0 atom stereocenters. The zero-order valence-electron chi connectivity index (χ0n) is 15.2. The summed E-state index contributed by atoms with van der Waals surface area (Å²) in [6, 6.07) is 0. The van der Waals surface area contributed by atoms with Crippen molar-refractivity contribution in [3.05, 3.63) is 0 Å². The average Bonchev–Trinajstić information content (AvgIpc) is 2.51. The van der Waals surface area contributed by atoms with E-state index >= 15 is 0 Å². The van der Waals surface area contributed by atoms with Crippen molar-refractivity contribution < 1.29 is 24.2 Å². The molecule has 140 valence electrons. The van der Waals surface area contributed by atoms with Gasteiger partial charge in [-0.2, -0.15) is 0 Å². The van der Waals surface area contributed by atoms with Crippen LogP contribution in [0.1, 0.15) is 103 Å². The molecule has 0 rings (SSSR count). The van der Waals surface area contributed by atoms with Crippen molar-refractivity contribution in [3.8, 4) is 0 Å². The summed E-state index contributed by atoms with van der Waals surface area (Å²) < 4.78 is 4.41. The maximum Gasteiger partial charge on any atom is 0.324 e. The second-order valence-electron chi connectivity index (χ2n) is 6.41. The lowest BCUT2D eigenvalue weighted by atomic mass is 10.0. The van der Waals surface area contributed by atoms with Gasteiger partial charge in [-0.1, -0.05) is 84.0 Å². The van der Waals surface area contributed by atoms with Gasteiger partial charge in [-0.15, -0.1) is 0 Å². The highest BCUT2D eigenvalue weighted by atomic mass is 16.6. The molecule has 0 saturated heterocycles. The molecule has 0 amide bonds. The van der Waals surface area contributed by atoms with E-state index in [1.165, 1.54) is 64.2 Å². The number of carbonyl (C=O) groups is 3. The molecule has 5 nitrogen and oxygen atoms in total. The number of esters is 2. The number of ether oxygens (including phenoxy) is 1. The fourth-order valence-electron chi connectivity index (χ4n) is 2.62. The molecule has 0 aromatic rings. The molecular weight excluding hydrogens is 308 g/mol. The summed E-state index contributed by atoms with van der Waals surface area (Å²) in [7, 11) is 0. The Kier molecular flexibility index (Phi) is 15.5. The number of rotatable bonds is 16. The van der Waals surface area contributed by atoms with Gasteiger partial charge in [-0.05, 0) is 6.42 Å². The van der Waals surface area contributed by atoms with Crippen molar-refractivity contribution >= 4 is 17.9 Å². The monoisotopic (exact) mass is 342 g/mol. The van der Waals surface area contributed by atoms with Crippen molar-refractivity contribution in [2.75, 3.05) is 0 Å². The maximum atomic E-state index is 11.3. The number of carbonyl (C=O) groups excluding carboxylic acids is 2. The second-order valence-corrected chi connectivity index (χ2v) is 6.41. The van der Waals surface area contributed by atoms with E-state index in [1.807, 2.05) is 0 Å². The maximum absolute atomic E-state index is 11.3. The predicted octanol–water partition coefficient (Wildman–Crippen LogP) is 5.01. The molecule has 0 radical (unpaired) electrons. The number of hydrogen-bond acceptors (Lipinski definition) is 4. The summed E-state index contributed by atoms with van der Waals surface area (Å²) in [5.41, 5.74) is 0. The second kappa shape index (κ2) is 16.5. The minimum atomic E-state index is -1.28. The van der Waals surface area contributed by atoms with Crippen LogP contribution in [-0.4, -0.2) is 23.0 Å². The van der Waals surface area contributed by atoms with Crippen LogP contribution in [0.4, 0.5) is 0 Å². The summed E-state index contributed by atoms with van der Waals surface area (Å²) in [5, 5.41) is 8.38. The van der Waals surface area contributed by atoms with Crippen LogP contribution < -0.4 is 0 Å². The lowest BCUT2D eigenvalue weighted by Gasteiger charge is -2.03. The lowest BCUT2D eigenvalue weighted by Crippen LogP contribution is -2.15. The molecular formula is C19H34O5. The van der Waals surface area contributed by atoms with Gasteiger partial charge >= 0.3 is 17.9 Å². The minimum absolute atomic E-state index is 0.184. The highest BCUT2D eigenvalue weighted by Gasteiger charge is 2.13. The van der Waals surface area contributed by atoms with E-state index in [2.05, 4.69) is 11.7 Å². The number of carboxylic acids is 1. The van der Waals surface area contributed by atoms with Gasteiger partial charge < -0.3 is 9.84 Å². The third-order valence-electron chi connectivity index (χ3n) is 4.01. The number of unbranched alkanes of at least 4 members (excludes halogenated alkanes) is 12. The normalized spacial score (nSPS) is 10.5. The van der Waals surface area contributed by atoms with Crippen LogP contribution in [0.2, 0.25) is 0 Å². The number of hydrogen-bond donors (Lipinski definition) is 1. The summed E-state index contributed by atoms with van der Waals surface area (Å²) in [6.45, 7) is 2.24. The Hall–Kier alpha value is -1.39. The molecule has 1 N–H and O–H groups in total. The Morgan fingerprint density at radius 3 is 1.50 bits per heavy atom. The quantitative estimate of drug-likeness (QED) is 0.242. The van der Waals surface area contributed by atoms with E-state index in [-0.39, 0.29) is 6.42 Å². The molecule has 0 saturated carbocycles. The molecule has 0 spiro atoms. The Morgan fingerprint density at radius 2 is 1.08 bits per heavy atom. The molecule has 0 aromatic heterocycles. The fourth-order valence-corrected chi connectivity index (χ4v) is 2.62. The molecule has 0 heterocycles. The SMILES string of the molecule is CCCCCCCCCCCCCCCC(=O)OC(=O)CC(=O)O. The first kappa shape index (κ1) is 22.6. The molecule has 0 aliphatic carbocycles. The van der Waals surface area contributed by atoms with Gasteiger partial charge in [-0.3, -0.25) is 14.4 Å². The first-order valence-corrected chi connectivity index (χ1v) is 9.51. The van der Waals surface area contributed by atoms with Gasteiger partial charge in [0, 0.05) is 6.42 Å². The smallest absolute Gasteiger partial charge is 0.324 e. The van der Waals surface area contributed by atoms with E-state index in [0.29, 0.717) is 6.42 Å². The third-order valence-corrected chi connectivity index (χ3v) is 4.01. The molecule has 0 aliphatic heterocycles. The highest BCUT2D eigenvalue weighted by Crippen LogP contribution is 2.13. The average molecular weight is 342 g/mol. The Labute approximate surface area is 146 Å². The largest absolute Gasteiger partial charge is 0.481 e. The molecule has 24 heavy (non-hydrogen) atoms. The van der Waals surface area contributed by atoms with Crippen molar-refractivity contribution in [3.63, 3.8) is 0 Å². The Balaban J connectivity index is 3.26. The zero-order valence-corrected chi connectivity index (χ0v) is 15.2. The van der Waals surface area contributed by atoms with Crippen LogP contribution in [0.5, 0.6) is 0 Å². The topological polar surface area (TPSA) is 80.7 Å². The van der Waals surface area contributed by atoms with Crippen LogP contribution in [0.25, 0.3) is 0 Å². The van der Waals surface area contributed by atoms with Crippen molar-refractivity contribution in [2.24, 2.45) is 0 Å². The van der Waals surface area contributed by atoms with Gasteiger partial charge in [-0.25, -0.2) is 0 Å². The van der Waals surface area contributed by atoms with E-state index in [0.717, 1.165) is 12.8 Å². The van der Waals surface area contributed by atoms with Gasteiger partial charge in [0.05, 0.1) is 0 Å². The van der Waals surface area contributed by atoms with E-state index in [1.54, 1.807) is 0 Å². The van der Waals surface area contributed by atoms with Crippen LogP contribution in [0.15, 0.2) is 0 Å². The van der Waals surface area contributed by atoms with Gasteiger partial charge in [0.2, 0.25) is 0 Å². The van der Waals surface area contributed by atoms with Crippen LogP contribution >= 0.6 is 0 Å². The minimum Gasteiger partial charge on any atom is -0.481 e. The first-order chi connectivity index (χ1) is 11.6. The molecule has 0 fully saturated rings. The zero-order chi connectivity index (χ0) is 18.0. The molecule has 0 aliphatic rings.